The number of likely N-dealkylation sites (tertiary alicyclic amines) is 1. The maximum atomic E-state index is 12.3. The van der Waals surface area contributed by atoms with Crippen molar-refractivity contribution in [3.05, 3.63) is 60.2 Å². The molecule has 1 fully saturated rings. The van der Waals surface area contributed by atoms with Crippen molar-refractivity contribution in [3.63, 3.8) is 0 Å². The van der Waals surface area contributed by atoms with E-state index in [0.29, 0.717) is 19.5 Å². The molecule has 0 saturated carbocycles. The van der Waals surface area contributed by atoms with Crippen molar-refractivity contribution >= 4 is 16.1 Å². The smallest absolute Gasteiger partial charge is 0.317 e. The summed E-state index contributed by atoms with van der Waals surface area (Å²) in [6, 6.07) is 17.6. The summed E-state index contributed by atoms with van der Waals surface area (Å²) in [6.07, 6.45) is 1.74. The van der Waals surface area contributed by atoms with Crippen LogP contribution < -0.4 is 10.0 Å². The minimum Gasteiger partial charge on any atom is -0.338 e. The molecule has 2 amide bonds. The van der Waals surface area contributed by atoms with Crippen molar-refractivity contribution in [1.82, 2.24) is 14.9 Å². The standard InChI is InChI=1S/C20H25N3O3S/c1-3-21-20(24)23-14-18(22-27(2,25)26)19(23)13-15-8-7-11-17(12-15)16-9-5-4-6-10-16/h4-12,18-19,22H,3,13-14H2,1-2H3,(H,21,24)/t18-,19-/m0/s1. The summed E-state index contributed by atoms with van der Waals surface area (Å²) in [5.74, 6) is 0. The minimum absolute atomic E-state index is 0.159. The summed E-state index contributed by atoms with van der Waals surface area (Å²) in [6.45, 7) is 2.78. The highest BCUT2D eigenvalue weighted by Crippen LogP contribution is 2.26. The van der Waals surface area contributed by atoms with Gasteiger partial charge in [-0.25, -0.2) is 17.9 Å². The fourth-order valence-corrected chi connectivity index (χ4v) is 4.21. The molecule has 2 atom stereocenters. The summed E-state index contributed by atoms with van der Waals surface area (Å²) in [4.78, 5) is 14.0. The lowest BCUT2D eigenvalue weighted by Crippen LogP contribution is -2.70. The van der Waals surface area contributed by atoms with Crippen molar-refractivity contribution in [2.45, 2.75) is 25.4 Å². The lowest BCUT2D eigenvalue weighted by molar-refractivity contribution is 0.0851. The first kappa shape index (κ1) is 19.4. The van der Waals surface area contributed by atoms with Gasteiger partial charge in [0.25, 0.3) is 0 Å². The molecule has 0 bridgehead atoms. The van der Waals surface area contributed by atoms with Crippen LogP contribution in [0, 0.1) is 0 Å². The number of urea groups is 1. The average Bonchev–Trinajstić information content (AvgIpc) is 2.63. The Balaban J connectivity index is 1.80. The quantitative estimate of drug-likeness (QED) is 0.798. The summed E-state index contributed by atoms with van der Waals surface area (Å²) < 4.78 is 25.9. The van der Waals surface area contributed by atoms with E-state index in [1.54, 1.807) is 4.90 Å². The molecule has 0 aliphatic carbocycles. The van der Waals surface area contributed by atoms with E-state index in [1.807, 2.05) is 43.3 Å². The predicted octanol–water partition coefficient (Wildman–Crippen LogP) is 2.23. The Morgan fingerprint density at radius 1 is 1.11 bits per heavy atom. The second-order valence-corrected chi connectivity index (χ2v) is 8.60. The van der Waals surface area contributed by atoms with Crippen LogP contribution in [0.15, 0.2) is 54.6 Å². The Labute approximate surface area is 160 Å². The molecule has 7 heteroatoms. The van der Waals surface area contributed by atoms with Gasteiger partial charge in [-0.15, -0.1) is 0 Å². The molecule has 1 saturated heterocycles. The normalized spacial score (nSPS) is 19.4. The van der Waals surface area contributed by atoms with E-state index in [9.17, 15) is 13.2 Å². The molecule has 3 rings (SSSR count). The third-order valence-corrected chi connectivity index (χ3v) is 5.42. The molecule has 27 heavy (non-hydrogen) atoms. The Morgan fingerprint density at radius 2 is 1.81 bits per heavy atom. The first-order valence-corrected chi connectivity index (χ1v) is 10.9. The van der Waals surface area contributed by atoms with Crippen LogP contribution in [0.2, 0.25) is 0 Å². The molecule has 2 aromatic rings. The SMILES string of the molecule is CCNC(=O)N1C[C@H](NS(C)(=O)=O)[C@@H]1Cc1cccc(-c2ccccc2)c1. The predicted molar refractivity (Wildman–Crippen MR) is 107 cm³/mol. The zero-order valence-corrected chi connectivity index (χ0v) is 16.4. The zero-order chi connectivity index (χ0) is 19.4. The number of hydrogen-bond acceptors (Lipinski definition) is 3. The minimum atomic E-state index is -3.33. The number of nitrogens with one attached hydrogen (secondary N) is 2. The van der Waals surface area contributed by atoms with Crippen LogP contribution in [0.3, 0.4) is 0 Å². The number of hydrogen-bond donors (Lipinski definition) is 2. The maximum absolute atomic E-state index is 12.3. The summed E-state index contributed by atoms with van der Waals surface area (Å²) in [5.41, 5.74) is 3.29. The fourth-order valence-electron chi connectivity index (χ4n) is 3.43. The number of rotatable bonds is 6. The number of sulfonamides is 1. The zero-order valence-electron chi connectivity index (χ0n) is 15.6. The molecule has 2 N–H and O–H groups in total. The van der Waals surface area contributed by atoms with Crippen LogP contribution in [0.1, 0.15) is 12.5 Å². The van der Waals surface area contributed by atoms with E-state index in [0.717, 1.165) is 22.9 Å². The lowest BCUT2D eigenvalue weighted by atomic mass is 9.90. The van der Waals surface area contributed by atoms with Gasteiger partial charge in [0.2, 0.25) is 10.0 Å². The fraction of sp³-hybridized carbons (Fsp3) is 0.350. The molecule has 0 unspecified atom stereocenters. The van der Waals surface area contributed by atoms with Crippen LogP contribution in [0.4, 0.5) is 4.79 Å². The number of carbonyl (C=O) groups excluding carboxylic acids is 1. The van der Waals surface area contributed by atoms with E-state index < -0.39 is 10.0 Å². The van der Waals surface area contributed by atoms with Gasteiger partial charge in [0.05, 0.1) is 18.3 Å². The molecule has 6 nitrogen and oxygen atoms in total. The van der Waals surface area contributed by atoms with Gasteiger partial charge in [-0.3, -0.25) is 0 Å². The van der Waals surface area contributed by atoms with Crippen molar-refractivity contribution < 1.29 is 13.2 Å². The van der Waals surface area contributed by atoms with Gasteiger partial charge in [-0.05, 0) is 30.0 Å². The van der Waals surface area contributed by atoms with E-state index >= 15 is 0 Å². The second kappa shape index (κ2) is 8.10. The Bertz CT molecular complexity index is 900. The molecule has 2 aromatic carbocycles. The molecule has 0 radical (unpaired) electrons. The van der Waals surface area contributed by atoms with Gasteiger partial charge in [-0.2, -0.15) is 0 Å². The van der Waals surface area contributed by atoms with Crippen molar-refractivity contribution in [2.75, 3.05) is 19.3 Å². The van der Waals surface area contributed by atoms with E-state index in [1.165, 1.54) is 0 Å². The first-order valence-electron chi connectivity index (χ1n) is 9.03. The van der Waals surface area contributed by atoms with Gasteiger partial charge in [0, 0.05) is 13.1 Å². The summed E-state index contributed by atoms with van der Waals surface area (Å²) in [7, 11) is -3.33. The van der Waals surface area contributed by atoms with Gasteiger partial charge in [-0.1, -0.05) is 54.6 Å². The van der Waals surface area contributed by atoms with Crippen LogP contribution in [-0.4, -0.2) is 50.8 Å². The molecule has 1 aliphatic rings. The molecular weight excluding hydrogens is 362 g/mol. The Hall–Kier alpha value is -2.38. The molecular formula is C20H25N3O3S. The average molecular weight is 388 g/mol. The van der Waals surface area contributed by atoms with Crippen LogP contribution >= 0.6 is 0 Å². The van der Waals surface area contributed by atoms with Gasteiger partial charge in [0.1, 0.15) is 0 Å². The highest BCUT2D eigenvalue weighted by Gasteiger charge is 2.42. The van der Waals surface area contributed by atoms with Crippen LogP contribution in [0.25, 0.3) is 11.1 Å². The number of benzene rings is 2. The number of amides is 2. The van der Waals surface area contributed by atoms with Gasteiger partial charge < -0.3 is 10.2 Å². The third kappa shape index (κ3) is 4.87. The summed E-state index contributed by atoms with van der Waals surface area (Å²) in [5, 5.41) is 2.79. The van der Waals surface area contributed by atoms with Crippen molar-refractivity contribution in [3.8, 4) is 11.1 Å². The Morgan fingerprint density at radius 3 is 2.48 bits per heavy atom. The number of nitrogens with zero attached hydrogens (tertiary/aromatic N) is 1. The van der Waals surface area contributed by atoms with Crippen LogP contribution in [0.5, 0.6) is 0 Å². The highest BCUT2D eigenvalue weighted by molar-refractivity contribution is 7.88. The van der Waals surface area contributed by atoms with Gasteiger partial charge in [0.15, 0.2) is 0 Å². The first-order chi connectivity index (χ1) is 12.9. The van der Waals surface area contributed by atoms with Crippen LogP contribution in [-0.2, 0) is 16.4 Å². The molecule has 0 aromatic heterocycles. The largest absolute Gasteiger partial charge is 0.338 e. The van der Waals surface area contributed by atoms with E-state index in [2.05, 4.69) is 28.2 Å². The van der Waals surface area contributed by atoms with Gasteiger partial charge >= 0.3 is 6.03 Å². The summed E-state index contributed by atoms with van der Waals surface area (Å²) >= 11 is 0. The second-order valence-electron chi connectivity index (χ2n) is 6.82. The van der Waals surface area contributed by atoms with E-state index in [4.69, 9.17) is 0 Å². The molecule has 0 spiro atoms. The number of carbonyl (C=O) groups is 1. The van der Waals surface area contributed by atoms with E-state index in [-0.39, 0.29) is 18.1 Å². The maximum Gasteiger partial charge on any atom is 0.317 e. The Kier molecular flexibility index (Phi) is 5.82. The van der Waals surface area contributed by atoms with Crippen molar-refractivity contribution in [2.24, 2.45) is 0 Å². The third-order valence-electron chi connectivity index (χ3n) is 4.69. The topological polar surface area (TPSA) is 78.5 Å². The highest BCUT2D eigenvalue weighted by atomic mass is 32.2. The lowest BCUT2D eigenvalue weighted by Gasteiger charge is -2.48. The molecule has 144 valence electrons. The monoisotopic (exact) mass is 387 g/mol. The van der Waals surface area contributed by atoms with Crippen molar-refractivity contribution in [1.29, 1.82) is 0 Å². The molecule has 1 heterocycles. The molecule has 1 aliphatic heterocycles.